The first kappa shape index (κ1) is 31.7. The number of carbonyl (C=O) groups excluding carboxylic acids is 1. The van der Waals surface area contributed by atoms with Crippen molar-refractivity contribution in [2.45, 2.75) is 65.2 Å². The molecule has 4 N–H and O–H groups in total. The van der Waals surface area contributed by atoms with Gasteiger partial charge in [0.15, 0.2) is 0 Å². The van der Waals surface area contributed by atoms with E-state index in [1.54, 1.807) is 12.1 Å². The number of para-hydroxylation sites is 1. The first-order chi connectivity index (χ1) is 19.9. The van der Waals surface area contributed by atoms with Gasteiger partial charge in [-0.1, -0.05) is 62.4 Å². The monoisotopic (exact) mass is 560 g/mol. The maximum Gasteiger partial charge on any atom is 0.258 e. The van der Waals surface area contributed by atoms with Gasteiger partial charge in [0.1, 0.15) is 5.82 Å². The van der Waals surface area contributed by atoms with Crippen molar-refractivity contribution in [3.63, 3.8) is 0 Å². The smallest absolute Gasteiger partial charge is 0.258 e. The van der Waals surface area contributed by atoms with Gasteiger partial charge in [-0.25, -0.2) is 4.39 Å². The molecule has 2 atom stereocenters. The van der Waals surface area contributed by atoms with Crippen LogP contribution in [0.25, 0.3) is 22.4 Å². The van der Waals surface area contributed by atoms with Crippen molar-refractivity contribution in [3.8, 4) is 22.4 Å². The number of rotatable bonds is 12. The molecular weight excluding hydrogens is 519 g/mol. The number of aromatic nitrogens is 1. The van der Waals surface area contributed by atoms with Crippen molar-refractivity contribution in [2.24, 2.45) is 0 Å². The number of amides is 1. The number of aliphatic hydroxyl groups excluding tert-OH is 3. The Bertz CT molecular complexity index is 1360. The molecule has 4 rings (SSSR count). The number of nitrogens with zero attached hydrogens (tertiary/aromatic N) is 1. The lowest BCUT2D eigenvalue weighted by molar-refractivity contribution is 0.0645. The van der Waals surface area contributed by atoms with E-state index in [0.29, 0.717) is 37.1 Å². The maximum atomic E-state index is 13.9. The Balaban J connectivity index is 0.00000226. The molecule has 0 aliphatic heterocycles. The number of aliphatic hydroxyl groups is 3. The van der Waals surface area contributed by atoms with E-state index in [9.17, 15) is 19.4 Å². The molecule has 7 heteroatoms. The molecule has 0 spiro atoms. The fraction of sp³-hybridized carbons (Fsp3) is 0.324. The highest BCUT2D eigenvalue weighted by molar-refractivity contribution is 6.12. The zero-order chi connectivity index (χ0) is 29.8. The van der Waals surface area contributed by atoms with Crippen LogP contribution in [0.15, 0.2) is 84.9 Å². The van der Waals surface area contributed by atoms with Crippen LogP contribution in [0, 0.1) is 12.7 Å². The van der Waals surface area contributed by atoms with Crippen LogP contribution >= 0.6 is 0 Å². The summed E-state index contributed by atoms with van der Waals surface area (Å²) in [4.78, 5) is 13.8. The van der Waals surface area contributed by atoms with Crippen LogP contribution in [0.3, 0.4) is 0 Å². The molecule has 0 fully saturated rings. The van der Waals surface area contributed by atoms with Crippen molar-refractivity contribution in [3.05, 3.63) is 102 Å². The van der Waals surface area contributed by atoms with E-state index < -0.39 is 12.2 Å². The van der Waals surface area contributed by atoms with Crippen LogP contribution in [0.2, 0.25) is 0 Å². The summed E-state index contributed by atoms with van der Waals surface area (Å²) in [7, 11) is 0. The van der Waals surface area contributed by atoms with Crippen molar-refractivity contribution >= 4 is 11.6 Å². The van der Waals surface area contributed by atoms with Gasteiger partial charge in [0.25, 0.3) is 5.91 Å². The highest BCUT2D eigenvalue weighted by Crippen LogP contribution is 2.40. The molecule has 1 amide bonds. The van der Waals surface area contributed by atoms with Crippen LogP contribution in [0.4, 0.5) is 10.1 Å². The molecule has 41 heavy (non-hydrogen) atoms. The second-order valence-corrected chi connectivity index (χ2v) is 9.73. The Labute approximate surface area is 242 Å². The third kappa shape index (κ3) is 8.36. The van der Waals surface area contributed by atoms with Gasteiger partial charge in [0.05, 0.1) is 23.5 Å². The summed E-state index contributed by atoms with van der Waals surface area (Å²) in [5.74, 6) is -0.621. The fourth-order valence-electron chi connectivity index (χ4n) is 4.96. The summed E-state index contributed by atoms with van der Waals surface area (Å²) in [6.45, 7) is 6.25. The van der Waals surface area contributed by atoms with Crippen molar-refractivity contribution < 1.29 is 24.5 Å². The third-order valence-electron chi connectivity index (χ3n) is 6.89. The van der Waals surface area contributed by atoms with Gasteiger partial charge in [-0.3, -0.25) is 4.79 Å². The molecule has 2 unspecified atom stereocenters. The number of nitrogens with one attached hydrogen (secondary N) is 1. The molecule has 4 aromatic rings. The van der Waals surface area contributed by atoms with Gasteiger partial charge in [-0.2, -0.15) is 0 Å². The first-order valence-corrected chi connectivity index (χ1v) is 14.3. The molecule has 0 saturated carbocycles. The lowest BCUT2D eigenvalue weighted by Crippen LogP contribution is -2.20. The average Bonchev–Trinajstić information content (AvgIpc) is 3.29. The Morgan fingerprint density at radius 1 is 0.854 bits per heavy atom. The van der Waals surface area contributed by atoms with Crippen LogP contribution in [0.5, 0.6) is 0 Å². The quantitative estimate of drug-likeness (QED) is 0.153. The summed E-state index contributed by atoms with van der Waals surface area (Å²) >= 11 is 0. The van der Waals surface area contributed by atoms with E-state index in [1.165, 1.54) is 12.1 Å². The number of carbonyl (C=O) groups is 1. The molecule has 0 aliphatic carbocycles. The van der Waals surface area contributed by atoms with Gasteiger partial charge in [-0.05, 0) is 80.1 Å². The molecule has 218 valence electrons. The van der Waals surface area contributed by atoms with E-state index >= 15 is 0 Å². The predicted octanol–water partition coefficient (Wildman–Crippen LogP) is 6.82. The predicted molar refractivity (Wildman–Crippen MR) is 163 cm³/mol. The molecular formula is C34H41FN2O4. The van der Waals surface area contributed by atoms with E-state index in [4.69, 9.17) is 5.11 Å². The molecule has 1 heterocycles. The van der Waals surface area contributed by atoms with Gasteiger partial charge in [0, 0.05) is 30.1 Å². The minimum atomic E-state index is -0.775. The summed E-state index contributed by atoms with van der Waals surface area (Å²) in [5, 5.41) is 32.9. The van der Waals surface area contributed by atoms with Crippen molar-refractivity contribution in [1.29, 1.82) is 0 Å². The van der Waals surface area contributed by atoms with Gasteiger partial charge >= 0.3 is 0 Å². The summed E-state index contributed by atoms with van der Waals surface area (Å²) in [5.41, 5.74) is 4.96. The topological polar surface area (TPSA) is 94.7 Å². The zero-order valence-corrected chi connectivity index (χ0v) is 24.1. The Morgan fingerprint density at radius 3 is 2.05 bits per heavy atom. The largest absolute Gasteiger partial charge is 0.396 e. The van der Waals surface area contributed by atoms with Crippen molar-refractivity contribution in [2.75, 3.05) is 11.9 Å². The molecule has 6 nitrogen and oxygen atoms in total. The SMILES string of the molecule is CC.Cc1c(C(=O)Nc2ccccc2)c(-c2ccccc2)c(-c2ccc(F)cc2)n1CCC(O)CC(O)CCCO. The molecule has 0 aliphatic rings. The van der Waals surface area contributed by atoms with Gasteiger partial charge in [0.2, 0.25) is 0 Å². The number of hydrogen-bond acceptors (Lipinski definition) is 4. The number of halogens is 1. The highest BCUT2D eigenvalue weighted by Gasteiger charge is 2.27. The van der Waals surface area contributed by atoms with E-state index in [0.717, 1.165) is 28.1 Å². The van der Waals surface area contributed by atoms with E-state index in [2.05, 4.69) is 5.32 Å². The van der Waals surface area contributed by atoms with Crippen molar-refractivity contribution in [1.82, 2.24) is 4.57 Å². The number of benzene rings is 3. The third-order valence-corrected chi connectivity index (χ3v) is 6.89. The Hall–Kier alpha value is -3.78. The molecule has 1 aromatic heterocycles. The van der Waals surface area contributed by atoms with Gasteiger partial charge in [-0.15, -0.1) is 0 Å². The number of hydrogen-bond donors (Lipinski definition) is 4. The highest BCUT2D eigenvalue weighted by atomic mass is 19.1. The fourth-order valence-corrected chi connectivity index (χ4v) is 4.96. The second kappa shape index (κ2) is 15.9. The molecule has 3 aromatic carbocycles. The average molecular weight is 561 g/mol. The summed E-state index contributed by atoms with van der Waals surface area (Å²) in [6, 6.07) is 25.0. The normalized spacial score (nSPS) is 12.3. The van der Waals surface area contributed by atoms with Crippen LogP contribution in [-0.4, -0.2) is 44.6 Å². The minimum Gasteiger partial charge on any atom is -0.396 e. The van der Waals surface area contributed by atoms with E-state index in [-0.39, 0.29) is 24.8 Å². The van der Waals surface area contributed by atoms with Gasteiger partial charge < -0.3 is 25.2 Å². The minimum absolute atomic E-state index is 0.00711. The Morgan fingerprint density at radius 2 is 1.44 bits per heavy atom. The molecule has 0 bridgehead atoms. The lowest BCUT2D eigenvalue weighted by atomic mass is 9.96. The van der Waals surface area contributed by atoms with E-state index in [1.807, 2.05) is 86.0 Å². The Kier molecular flexibility index (Phi) is 12.3. The van der Waals surface area contributed by atoms with Crippen LogP contribution in [-0.2, 0) is 6.54 Å². The summed E-state index contributed by atoms with van der Waals surface area (Å²) < 4.78 is 15.9. The second-order valence-electron chi connectivity index (χ2n) is 9.73. The lowest BCUT2D eigenvalue weighted by Gasteiger charge is -2.18. The molecule has 0 saturated heterocycles. The maximum absolute atomic E-state index is 13.9. The molecule has 0 radical (unpaired) electrons. The first-order valence-electron chi connectivity index (χ1n) is 14.3. The van der Waals surface area contributed by atoms with Crippen LogP contribution < -0.4 is 5.32 Å². The number of anilines is 1. The van der Waals surface area contributed by atoms with Crippen LogP contribution in [0.1, 0.15) is 55.6 Å². The summed E-state index contributed by atoms with van der Waals surface area (Å²) in [6.07, 6.45) is -0.0595. The zero-order valence-electron chi connectivity index (χ0n) is 24.1. The standard InChI is InChI=1S/C32H35FN2O4.C2H6/c1-22-29(32(39)34-26-11-6-3-7-12-26)30(23-9-4-2-5-10-23)31(24-14-16-25(33)17-15-24)35(22)19-18-28(38)21-27(37)13-8-20-36;1-2/h2-7,9-12,14-17,27-28,36-38H,8,13,18-21H2,1H3,(H,34,39);1-2H3.